The maximum absolute atomic E-state index is 12.7. The number of hydrogen-bond acceptors (Lipinski definition) is 6. The first kappa shape index (κ1) is 21.0. The molecular weight excluding hydrogens is 404 g/mol. The topological polar surface area (TPSA) is 109 Å². The van der Waals surface area contributed by atoms with Crippen molar-refractivity contribution < 1.29 is 14.3 Å². The van der Waals surface area contributed by atoms with Crippen molar-refractivity contribution in [1.82, 2.24) is 10.6 Å². The zero-order valence-corrected chi connectivity index (χ0v) is 18.0. The summed E-state index contributed by atoms with van der Waals surface area (Å²) >= 11 is 0. The standard InChI is InChI=1S/C25H28N4O3/c26-12-20(29-24(30)25(27)5-7-31-8-6-25)9-16-1-4-21-22-11-17(19-13-28-14-19)2-3-18(22)15-32-23(21)10-16/h1-4,10-11,19-20,28H,5-9,13-15,27H2,(H,29,30)/t20-/m0/s1. The second kappa shape index (κ2) is 8.55. The lowest BCUT2D eigenvalue weighted by Gasteiger charge is -2.32. The maximum Gasteiger partial charge on any atom is 0.241 e. The number of nitriles is 1. The number of carbonyl (C=O) groups excluding carboxylic acids is 1. The van der Waals surface area contributed by atoms with Gasteiger partial charge in [0.1, 0.15) is 18.4 Å². The summed E-state index contributed by atoms with van der Waals surface area (Å²) in [5, 5.41) is 15.8. The van der Waals surface area contributed by atoms with Gasteiger partial charge in [-0.1, -0.05) is 30.3 Å². The maximum atomic E-state index is 12.7. The molecule has 0 radical (unpaired) electrons. The number of nitrogens with zero attached hydrogens (tertiary/aromatic N) is 1. The van der Waals surface area contributed by atoms with Gasteiger partial charge >= 0.3 is 0 Å². The molecule has 0 saturated carbocycles. The SMILES string of the molecule is N#C[C@H](Cc1ccc2c(c1)OCc1ccc(C3CNC3)cc1-2)NC(=O)C1(N)CCOCC1. The van der Waals surface area contributed by atoms with Crippen LogP contribution in [0.2, 0.25) is 0 Å². The quantitative estimate of drug-likeness (QED) is 0.667. The van der Waals surface area contributed by atoms with Gasteiger partial charge in [0, 0.05) is 44.2 Å². The minimum absolute atomic E-state index is 0.284. The zero-order valence-electron chi connectivity index (χ0n) is 18.0. The number of fused-ring (bicyclic) bond motifs is 3. The van der Waals surface area contributed by atoms with Crippen LogP contribution >= 0.6 is 0 Å². The molecule has 2 saturated heterocycles. The van der Waals surface area contributed by atoms with Crippen LogP contribution in [0.5, 0.6) is 5.75 Å². The molecule has 0 aliphatic carbocycles. The molecule has 1 atom stereocenters. The summed E-state index contributed by atoms with van der Waals surface area (Å²) in [6.45, 7) is 3.51. The van der Waals surface area contributed by atoms with Crippen LogP contribution in [-0.4, -0.2) is 43.8 Å². The minimum Gasteiger partial charge on any atom is -0.488 e. The zero-order chi connectivity index (χ0) is 22.1. The van der Waals surface area contributed by atoms with Crippen molar-refractivity contribution in [1.29, 1.82) is 5.26 Å². The number of nitrogens with two attached hydrogens (primary N) is 1. The van der Waals surface area contributed by atoms with Crippen LogP contribution in [0.15, 0.2) is 36.4 Å². The third-order valence-electron chi connectivity index (χ3n) is 6.84. The van der Waals surface area contributed by atoms with Crippen LogP contribution in [0, 0.1) is 11.3 Å². The molecule has 32 heavy (non-hydrogen) atoms. The van der Waals surface area contributed by atoms with Gasteiger partial charge in [0.2, 0.25) is 5.91 Å². The molecule has 7 heteroatoms. The van der Waals surface area contributed by atoms with Crippen molar-refractivity contribution in [2.45, 2.75) is 43.4 Å². The van der Waals surface area contributed by atoms with Gasteiger partial charge in [0.25, 0.3) is 0 Å². The molecule has 7 nitrogen and oxygen atoms in total. The normalized spacial score (nSPS) is 20.0. The van der Waals surface area contributed by atoms with E-state index in [1.54, 1.807) is 0 Å². The molecule has 0 spiro atoms. The van der Waals surface area contributed by atoms with Gasteiger partial charge in [-0.2, -0.15) is 5.26 Å². The Hall–Kier alpha value is -2.92. The molecule has 3 aliphatic heterocycles. The Kier molecular flexibility index (Phi) is 5.60. The third-order valence-corrected chi connectivity index (χ3v) is 6.84. The van der Waals surface area contributed by atoms with Gasteiger partial charge < -0.3 is 25.8 Å². The average Bonchev–Trinajstić information content (AvgIpc) is 2.77. The lowest BCUT2D eigenvalue weighted by Crippen LogP contribution is -2.58. The number of hydrogen-bond donors (Lipinski definition) is 3. The Bertz CT molecular complexity index is 1070. The largest absolute Gasteiger partial charge is 0.488 e. The summed E-state index contributed by atoms with van der Waals surface area (Å²) < 4.78 is 11.3. The molecule has 3 aliphatic rings. The predicted octanol–water partition coefficient (Wildman–Crippen LogP) is 1.99. The van der Waals surface area contributed by atoms with E-state index in [1.165, 1.54) is 16.7 Å². The number of ether oxygens (including phenoxy) is 2. The smallest absolute Gasteiger partial charge is 0.241 e. The van der Waals surface area contributed by atoms with Crippen LogP contribution in [0.3, 0.4) is 0 Å². The molecular formula is C25H28N4O3. The molecule has 1 amide bonds. The van der Waals surface area contributed by atoms with Gasteiger partial charge in [-0.25, -0.2) is 0 Å². The van der Waals surface area contributed by atoms with Crippen molar-refractivity contribution in [3.05, 3.63) is 53.1 Å². The predicted molar refractivity (Wildman–Crippen MR) is 120 cm³/mol. The molecule has 2 aromatic carbocycles. The summed E-state index contributed by atoms with van der Waals surface area (Å²) in [7, 11) is 0. The van der Waals surface area contributed by atoms with Crippen LogP contribution < -0.4 is 21.1 Å². The highest BCUT2D eigenvalue weighted by molar-refractivity contribution is 5.86. The van der Waals surface area contributed by atoms with Gasteiger partial charge in [0.15, 0.2) is 0 Å². The van der Waals surface area contributed by atoms with Crippen molar-refractivity contribution in [2.24, 2.45) is 5.73 Å². The summed E-state index contributed by atoms with van der Waals surface area (Å²) in [5.41, 5.74) is 11.1. The highest BCUT2D eigenvalue weighted by Gasteiger charge is 2.37. The molecule has 0 aromatic heterocycles. The Labute approximate surface area is 187 Å². The molecule has 3 heterocycles. The lowest BCUT2D eigenvalue weighted by molar-refractivity contribution is -0.130. The van der Waals surface area contributed by atoms with Gasteiger partial charge in [-0.05, 0) is 41.2 Å². The van der Waals surface area contributed by atoms with E-state index in [1.807, 2.05) is 12.1 Å². The van der Waals surface area contributed by atoms with Gasteiger partial charge in [0.05, 0.1) is 11.6 Å². The fourth-order valence-corrected chi connectivity index (χ4v) is 4.57. The van der Waals surface area contributed by atoms with Crippen LogP contribution in [0.1, 0.15) is 35.4 Å². The Balaban J connectivity index is 1.32. The van der Waals surface area contributed by atoms with E-state index in [2.05, 4.69) is 41.0 Å². The van der Waals surface area contributed by atoms with E-state index in [-0.39, 0.29) is 5.91 Å². The fraction of sp³-hybridized carbons (Fsp3) is 0.440. The number of rotatable bonds is 5. The highest BCUT2D eigenvalue weighted by atomic mass is 16.5. The Morgan fingerprint density at radius 3 is 2.75 bits per heavy atom. The monoisotopic (exact) mass is 432 g/mol. The van der Waals surface area contributed by atoms with Crippen LogP contribution in [0.25, 0.3) is 11.1 Å². The van der Waals surface area contributed by atoms with Crippen molar-refractivity contribution >= 4 is 5.91 Å². The number of nitrogens with one attached hydrogen (secondary N) is 2. The van der Waals surface area contributed by atoms with E-state index < -0.39 is 11.6 Å². The molecule has 4 N–H and O–H groups in total. The van der Waals surface area contributed by atoms with E-state index in [9.17, 15) is 10.1 Å². The van der Waals surface area contributed by atoms with E-state index >= 15 is 0 Å². The molecule has 2 aromatic rings. The van der Waals surface area contributed by atoms with Crippen LogP contribution in [-0.2, 0) is 22.6 Å². The van der Waals surface area contributed by atoms with E-state index in [0.717, 1.165) is 30.0 Å². The minimum atomic E-state index is -0.969. The molecule has 5 rings (SSSR count). The number of carbonyl (C=O) groups is 1. The summed E-state index contributed by atoms with van der Waals surface area (Å²) in [6.07, 6.45) is 1.32. The lowest BCUT2D eigenvalue weighted by atomic mass is 9.87. The van der Waals surface area contributed by atoms with Crippen molar-refractivity contribution in [3.63, 3.8) is 0 Å². The summed E-state index contributed by atoms with van der Waals surface area (Å²) in [5.74, 6) is 1.11. The van der Waals surface area contributed by atoms with E-state index in [0.29, 0.717) is 45.0 Å². The Morgan fingerprint density at radius 2 is 2.03 bits per heavy atom. The molecule has 0 unspecified atom stereocenters. The second-order valence-corrected chi connectivity index (χ2v) is 9.02. The number of benzene rings is 2. The second-order valence-electron chi connectivity index (χ2n) is 9.02. The third kappa shape index (κ3) is 3.97. The van der Waals surface area contributed by atoms with Crippen molar-refractivity contribution in [3.8, 4) is 22.9 Å². The average molecular weight is 433 g/mol. The van der Waals surface area contributed by atoms with Gasteiger partial charge in [-0.3, -0.25) is 4.79 Å². The molecule has 0 bridgehead atoms. The van der Waals surface area contributed by atoms with Crippen molar-refractivity contribution in [2.75, 3.05) is 26.3 Å². The molecule has 166 valence electrons. The van der Waals surface area contributed by atoms with Gasteiger partial charge in [-0.15, -0.1) is 0 Å². The fourth-order valence-electron chi connectivity index (χ4n) is 4.57. The number of amides is 1. The summed E-state index contributed by atoms with van der Waals surface area (Å²) in [4.78, 5) is 12.7. The van der Waals surface area contributed by atoms with Crippen LogP contribution in [0.4, 0.5) is 0 Å². The highest BCUT2D eigenvalue weighted by Crippen LogP contribution is 2.40. The Morgan fingerprint density at radius 1 is 1.22 bits per heavy atom. The summed E-state index contributed by atoms with van der Waals surface area (Å²) in [6, 6.07) is 14.3. The molecule has 2 fully saturated rings. The van der Waals surface area contributed by atoms with E-state index in [4.69, 9.17) is 15.2 Å². The first-order valence-corrected chi connectivity index (χ1v) is 11.2. The first-order valence-electron chi connectivity index (χ1n) is 11.2. The first-order chi connectivity index (χ1) is 15.6.